The van der Waals surface area contributed by atoms with Gasteiger partial charge in [-0.25, -0.2) is 0 Å². The maximum Gasteiger partial charge on any atom is 0.221 e. The van der Waals surface area contributed by atoms with Gasteiger partial charge in [0.05, 0.1) is 0 Å². The molecule has 1 saturated heterocycles. The number of nitrogens with one attached hydrogen (secondary N) is 1. The molecule has 4 nitrogen and oxygen atoms in total. The van der Waals surface area contributed by atoms with Crippen molar-refractivity contribution in [2.45, 2.75) is 32.6 Å². The number of amides is 1. The summed E-state index contributed by atoms with van der Waals surface area (Å²) in [6.07, 6.45) is 8.48. The summed E-state index contributed by atoms with van der Waals surface area (Å²) < 4.78 is 0. The quantitative estimate of drug-likeness (QED) is 0.606. The van der Waals surface area contributed by atoms with E-state index in [0.717, 1.165) is 24.3 Å². The summed E-state index contributed by atoms with van der Waals surface area (Å²) in [5.74, 6) is -0.111. The van der Waals surface area contributed by atoms with Gasteiger partial charge < -0.3 is 10.2 Å². The van der Waals surface area contributed by atoms with Crippen LogP contribution in [0.15, 0.2) is 54.6 Å². The minimum absolute atomic E-state index is 0.0108. The number of nitrogens with zero attached hydrogens (tertiary/aromatic N) is 1. The maximum absolute atomic E-state index is 12.4. The first kappa shape index (κ1) is 18.9. The molecule has 0 radical (unpaired) electrons. The Morgan fingerprint density at radius 2 is 1.52 bits per heavy atom. The Labute approximate surface area is 160 Å². The number of hydrogen-bond donors (Lipinski definition) is 1. The zero-order chi connectivity index (χ0) is 19.1. The number of rotatable bonds is 5. The topological polar surface area (TPSA) is 49.4 Å². The third-order valence-electron chi connectivity index (χ3n) is 4.78. The van der Waals surface area contributed by atoms with Crippen LogP contribution in [-0.2, 0) is 4.79 Å². The van der Waals surface area contributed by atoms with Gasteiger partial charge in [0.2, 0.25) is 5.91 Å². The summed E-state index contributed by atoms with van der Waals surface area (Å²) >= 11 is 0. The maximum atomic E-state index is 12.4. The summed E-state index contributed by atoms with van der Waals surface area (Å²) in [5, 5.41) is 2.72. The Kier molecular flexibility index (Phi) is 6.42. The molecule has 0 aliphatic carbocycles. The van der Waals surface area contributed by atoms with Crippen LogP contribution >= 0.6 is 0 Å². The normalized spacial score (nSPS) is 14.8. The number of allylic oxidation sites excluding steroid dienone is 1. The van der Waals surface area contributed by atoms with Crippen LogP contribution in [0.4, 0.5) is 11.4 Å². The summed E-state index contributed by atoms with van der Waals surface area (Å²) in [6.45, 7) is 3.67. The molecule has 0 unspecified atom stereocenters. The molecule has 1 amide bonds. The van der Waals surface area contributed by atoms with Crippen molar-refractivity contribution in [3.63, 3.8) is 0 Å². The van der Waals surface area contributed by atoms with Crippen molar-refractivity contribution in [3.05, 3.63) is 65.7 Å². The molecule has 0 aromatic heterocycles. The van der Waals surface area contributed by atoms with Crippen LogP contribution in [0.3, 0.4) is 0 Å². The van der Waals surface area contributed by atoms with E-state index in [1.165, 1.54) is 38.3 Å². The van der Waals surface area contributed by atoms with Crippen LogP contribution in [0.2, 0.25) is 0 Å². The molecule has 2 aromatic carbocycles. The second kappa shape index (κ2) is 9.17. The van der Waals surface area contributed by atoms with Crippen LogP contribution in [0.1, 0.15) is 48.5 Å². The first-order chi connectivity index (χ1) is 13.1. The molecule has 1 N–H and O–H groups in total. The van der Waals surface area contributed by atoms with Crippen molar-refractivity contribution < 1.29 is 9.59 Å². The minimum Gasteiger partial charge on any atom is -0.372 e. The molecule has 0 bridgehead atoms. The highest BCUT2D eigenvalue weighted by Gasteiger charge is 2.10. The predicted molar refractivity (Wildman–Crippen MR) is 111 cm³/mol. The molecule has 4 heteroatoms. The molecule has 1 aliphatic rings. The molecule has 1 heterocycles. The lowest BCUT2D eigenvalue weighted by Crippen LogP contribution is -2.23. The summed E-state index contributed by atoms with van der Waals surface area (Å²) in [4.78, 5) is 25.9. The van der Waals surface area contributed by atoms with Gasteiger partial charge >= 0.3 is 0 Å². The van der Waals surface area contributed by atoms with Crippen molar-refractivity contribution >= 4 is 29.1 Å². The smallest absolute Gasteiger partial charge is 0.221 e. The van der Waals surface area contributed by atoms with Crippen molar-refractivity contribution in [2.24, 2.45) is 0 Å². The standard InChI is InChI=1S/C23H26N2O2/c1-18(26)24-21-11-6-19(7-12-21)8-15-23(27)20-9-13-22(14-10-20)25-16-4-2-3-5-17-25/h6-15H,2-5,16-17H2,1H3,(H,24,26)/b15-8+. The van der Waals surface area contributed by atoms with E-state index in [9.17, 15) is 9.59 Å². The fourth-order valence-electron chi connectivity index (χ4n) is 3.31. The van der Waals surface area contributed by atoms with Gasteiger partial charge in [-0.05, 0) is 60.9 Å². The van der Waals surface area contributed by atoms with E-state index in [1.807, 2.05) is 36.4 Å². The number of hydrogen-bond acceptors (Lipinski definition) is 3. The number of carbonyl (C=O) groups is 2. The first-order valence-corrected chi connectivity index (χ1v) is 9.57. The van der Waals surface area contributed by atoms with E-state index in [1.54, 1.807) is 12.2 Å². The number of benzene rings is 2. The van der Waals surface area contributed by atoms with Crippen LogP contribution in [0.5, 0.6) is 0 Å². The lowest BCUT2D eigenvalue weighted by atomic mass is 10.1. The summed E-state index contributed by atoms with van der Waals surface area (Å²) in [5.41, 5.74) is 3.55. The van der Waals surface area contributed by atoms with Gasteiger partial charge in [0, 0.05) is 37.0 Å². The van der Waals surface area contributed by atoms with Crippen molar-refractivity contribution in [3.8, 4) is 0 Å². The minimum atomic E-state index is -0.0999. The molecule has 2 aromatic rings. The van der Waals surface area contributed by atoms with Gasteiger partial charge in [-0.15, -0.1) is 0 Å². The van der Waals surface area contributed by atoms with Crippen LogP contribution < -0.4 is 10.2 Å². The van der Waals surface area contributed by atoms with Crippen molar-refractivity contribution in [1.29, 1.82) is 0 Å². The molecule has 3 rings (SSSR count). The predicted octanol–water partition coefficient (Wildman–Crippen LogP) is 4.92. The average Bonchev–Trinajstić information content (AvgIpc) is 2.96. The second-order valence-electron chi connectivity index (χ2n) is 6.95. The van der Waals surface area contributed by atoms with Crippen molar-refractivity contribution in [2.75, 3.05) is 23.3 Å². The Balaban J connectivity index is 1.61. The fourth-order valence-corrected chi connectivity index (χ4v) is 3.31. The average molecular weight is 362 g/mol. The SMILES string of the molecule is CC(=O)Nc1ccc(/C=C/C(=O)c2ccc(N3CCCCCC3)cc2)cc1. The van der Waals surface area contributed by atoms with Gasteiger partial charge in [-0.3, -0.25) is 9.59 Å². The van der Waals surface area contributed by atoms with Crippen LogP contribution in [0.25, 0.3) is 6.08 Å². The third-order valence-corrected chi connectivity index (χ3v) is 4.78. The van der Waals surface area contributed by atoms with Crippen LogP contribution in [-0.4, -0.2) is 24.8 Å². The van der Waals surface area contributed by atoms with E-state index in [4.69, 9.17) is 0 Å². The van der Waals surface area contributed by atoms with E-state index in [2.05, 4.69) is 22.3 Å². The Morgan fingerprint density at radius 3 is 2.11 bits per heavy atom. The number of ketones is 1. The third kappa shape index (κ3) is 5.55. The van der Waals surface area contributed by atoms with E-state index >= 15 is 0 Å². The van der Waals surface area contributed by atoms with Crippen LogP contribution in [0, 0.1) is 0 Å². The Morgan fingerprint density at radius 1 is 0.889 bits per heavy atom. The van der Waals surface area contributed by atoms with Gasteiger partial charge in [0.25, 0.3) is 0 Å². The zero-order valence-corrected chi connectivity index (χ0v) is 15.8. The first-order valence-electron chi connectivity index (χ1n) is 9.57. The molecule has 27 heavy (non-hydrogen) atoms. The molecule has 0 spiro atoms. The molecular weight excluding hydrogens is 336 g/mol. The van der Waals surface area contributed by atoms with Gasteiger partial charge in [-0.1, -0.05) is 31.1 Å². The molecular formula is C23H26N2O2. The molecule has 1 fully saturated rings. The fraction of sp³-hybridized carbons (Fsp3) is 0.304. The molecule has 0 atom stereocenters. The summed E-state index contributed by atoms with van der Waals surface area (Å²) in [7, 11) is 0. The van der Waals surface area contributed by atoms with Gasteiger partial charge in [0.1, 0.15) is 0 Å². The van der Waals surface area contributed by atoms with E-state index in [0.29, 0.717) is 5.56 Å². The molecule has 1 aliphatic heterocycles. The van der Waals surface area contributed by atoms with E-state index < -0.39 is 0 Å². The highest BCUT2D eigenvalue weighted by atomic mass is 16.1. The lowest BCUT2D eigenvalue weighted by Gasteiger charge is -2.22. The highest BCUT2D eigenvalue weighted by molar-refractivity contribution is 6.07. The largest absolute Gasteiger partial charge is 0.372 e. The molecule has 0 saturated carbocycles. The second-order valence-corrected chi connectivity index (χ2v) is 6.95. The summed E-state index contributed by atoms with van der Waals surface area (Å²) in [6, 6.07) is 15.3. The molecule has 140 valence electrons. The van der Waals surface area contributed by atoms with E-state index in [-0.39, 0.29) is 11.7 Å². The Hall–Kier alpha value is -2.88. The number of carbonyl (C=O) groups excluding carboxylic acids is 2. The monoisotopic (exact) mass is 362 g/mol. The zero-order valence-electron chi connectivity index (χ0n) is 15.8. The van der Waals surface area contributed by atoms with Crippen molar-refractivity contribution in [1.82, 2.24) is 0 Å². The van der Waals surface area contributed by atoms with Gasteiger partial charge in [0.15, 0.2) is 5.78 Å². The van der Waals surface area contributed by atoms with Gasteiger partial charge in [-0.2, -0.15) is 0 Å². The lowest BCUT2D eigenvalue weighted by molar-refractivity contribution is -0.114. The highest BCUT2D eigenvalue weighted by Crippen LogP contribution is 2.20. The number of anilines is 2. The Bertz CT molecular complexity index is 799.